The Bertz CT molecular complexity index is 313. The van der Waals surface area contributed by atoms with Gasteiger partial charge in [-0.15, -0.1) is 11.6 Å². The minimum Gasteiger partial charge on any atom is -0.379 e. The Morgan fingerprint density at radius 3 is 2.44 bits per heavy atom. The van der Waals surface area contributed by atoms with Crippen molar-refractivity contribution in [3.63, 3.8) is 0 Å². The first-order chi connectivity index (χ1) is 7.37. The van der Waals surface area contributed by atoms with Gasteiger partial charge in [0.1, 0.15) is 0 Å². The van der Waals surface area contributed by atoms with Gasteiger partial charge in [-0.05, 0) is 20.3 Å². The van der Waals surface area contributed by atoms with E-state index in [2.05, 4.69) is 4.72 Å². The molecule has 0 atom stereocenters. The highest BCUT2D eigenvalue weighted by Gasteiger charge is 2.30. The van der Waals surface area contributed by atoms with Crippen LogP contribution < -0.4 is 4.72 Å². The first kappa shape index (κ1) is 14.2. The van der Waals surface area contributed by atoms with Gasteiger partial charge in [-0.25, -0.2) is 0 Å². The van der Waals surface area contributed by atoms with Crippen molar-refractivity contribution in [1.29, 1.82) is 0 Å². The van der Waals surface area contributed by atoms with Crippen molar-refractivity contribution in [3.8, 4) is 0 Å². The second-order valence-corrected chi connectivity index (χ2v) is 6.49. The highest BCUT2D eigenvalue weighted by Crippen LogP contribution is 2.13. The van der Waals surface area contributed by atoms with E-state index < -0.39 is 15.7 Å². The summed E-state index contributed by atoms with van der Waals surface area (Å²) >= 11 is 5.63. The highest BCUT2D eigenvalue weighted by atomic mass is 35.5. The lowest BCUT2D eigenvalue weighted by atomic mass is 10.0. The van der Waals surface area contributed by atoms with Gasteiger partial charge in [-0.2, -0.15) is 17.4 Å². The van der Waals surface area contributed by atoms with E-state index in [0.29, 0.717) is 38.6 Å². The van der Waals surface area contributed by atoms with Crippen LogP contribution in [0, 0.1) is 0 Å². The Hall–Kier alpha value is 0.120. The maximum absolute atomic E-state index is 12.0. The lowest BCUT2D eigenvalue weighted by molar-refractivity contribution is 0.0720. The second-order valence-electron chi connectivity index (χ2n) is 4.44. The van der Waals surface area contributed by atoms with Crippen LogP contribution in [0.4, 0.5) is 0 Å². The van der Waals surface area contributed by atoms with Gasteiger partial charge < -0.3 is 4.74 Å². The molecule has 0 amide bonds. The topological polar surface area (TPSA) is 58.6 Å². The third-order valence-electron chi connectivity index (χ3n) is 2.43. The van der Waals surface area contributed by atoms with E-state index in [1.807, 2.05) is 13.8 Å². The maximum atomic E-state index is 12.0. The van der Waals surface area contributed by atoms with Gasteiger partial charge in [-0.3, -0.25) is 0 Å². The highest BCUT2D eigenvalue weighted by molar-refractivity contribution is 7.87. The zero-order chi connectivity index (χ0) is 12.2. The Kier molecular flexibility index (Phi) is 5.00. The van der Waals surface area contributed by atoms with Gasteiger partial charge >= 0.3 is 0 Å². The number of ether oxygens (including phenoxy) is 1. The van der Waals surface area contributed by atoms with Crippen molar-refractivity contribution in [2.45, 2.75) is 25.8 Å². The molecule has 0 spiro atoms. The monoisotopic (exact) mass is 270 g/mol. The van der Waals surface area contributed by atoms with E-state index in [4.69, 9.17) is 16.3 Å². The summed E-state index contributed by atoms with van der Waals surface area (Å²) < 4.78 is 33.2. The molecule has 0 aromatic carbocycles. The fourth-order valence-electron chi connectivity index (χ4n) is 1.49. The molecule has 0 aliphatic carbocycles. The second kappa shape index (κ2) is 5.64. The Balaban J connectivity index is 2.63. The molecular weight excluding hydrogens is 252 g/mol. The number of hydrogen-bond acceptors (Lipinski definition) is 3. The molecule has 1 rings (SSSR count). The van der Waals surface area contributed by atoms with Gasteiger partial charge in [0.2, 0.25) is 0 Å². The Labute approximate surface area is 102 Å². The van der Waals surface area contributed by atoms with E-state index in [-0.39, 0.29) is 0 Å². The molecule has 0 aromatic heterocycles. The van der Waals surface area contributed by atoms with Crippen LogP contribution in [-0.4, -0.2) is 50.4 Å². The smallest absolute Gasteiger partial charge is 0.280 e. The average Bonchev–Trinajstić information content (AvgIpc) is 2.17. The molecule has 96 valence electrons. The number of hydrogen-bond donors (Lipinski definition) is 1. The largest absolute Gasteiger partial charge is 0.379 e. The molecule has 0 radical (unpaired) electrons. The third kappa shape index (κ3) is 4.18. The summed E-state index contributed by atoms with van der Waals surface area (Å²) in [5.41, 5.74) is -0.515. The molecule has 7 heteroatoms. The summed E-state index contributed by atoms with van der Waals surface area (Å²) in [7, 11) is -3.42. The number of nitrogens with zero attached hydrogens (tertiary/aromatic N) is 1. The first-order valence-electron chi connectivity index (χ1n) is 5.30. The molecule has 1 N–H and O–H groups in total. The minimum atomic E-state index is -3.42. The van der Waals surface area contributed by atoms with E-state index >= 15 is 0 Å². The van der Waals surface area contributed by atoms with E-state index in [9.17, 15) is 8.42 Å². The number of nitrogens with one attached hydrogen (secondary N) is 1. The number of rotatable bonds is 5. The Morgan fingerprint density at radius 1 is 1.38 bits per heavy atom. The fraction of sp³-hybridized carbons (Fsp3) is 1.00. The van der Waals surface area contributed by atoms with Crippen LogP contribution in [0.15, 0.2) is 0 Å². The van der Waals surface area contributed by atoms with Crippen LogP contribution in [0.3, 0.4) is 0 Å². The summed E-state index contributed by atoms with van der Waals surface area (Å²) in [6.07, 6.45) is 0.595. The van der Waals surface area contributed by atoms with Gasteiger partial charge in [0, 0.05) is 24.5 Å². The lowest BCUT2D eigenvalue weighted by Gasteiger charge is -2.31. The third-order valence-corrected chi connectivity index (χ3v) is 4.48. The SMILES string of the molecule is CC(C)(CCCl)NS(=O)(=O)N1CCOCC1. The van der Waals surface area contributed by atoms with Gasteiger partial charge in [-0.1, -0.05) is 0 Å². The minimum absolute atomic E-state index is 0.409. The summed E-state index contributed by atoms with van der Waals surface area (Å²) in [5, 5.41) is 0. The van der Waals surface area contributed by atoms with Crippen molar-refractivity contribution in [3.05, 3.63) is 0 Å². The van der Waals surface area contributed by atoms with Crippen molar-refractivity contribution >= 4 is 21.8 Å². The molecule has 5 nitrogen and oxygen atoms in total. The summed E-state index contributed by atoms with van der Waals surface area (Å²) in [5.74, 6) is 0.429. The molecule has 1 saturated heterocycles. The van der Waals surface area contributed by atoms with E-state index in [1.54, 1.807) is 0 Å². The van der Waals surface area contributed by atoms with Gasteiger partial charge in [0.05, 0.1) is 13.2 Å². The standard InChI is InChI=1S/C9H19ClN2O3S/c1-9(2,3-4-10)11-16(13,14)12-5-7-15-8-6-12/h11H,3-8H2,1-2H3. The van der Waals surface area contributed by atoms with Crippen LogP contribution in [0.5, 0.6) is 0 Å². The molecular formula is C9H19ClN2O3S. The van der Waals surface area contributed by atoms with Crippen molar-refractivity contribution in [2.24, 2.45) is 0 Å². The molecule has 1 aliphatic rings. The van der Waals surface area contributed by atoms with Crippen LogP contribution >= 0.6 is 11.6 Å². The Morgan fingerprint density at radius 2 is 1.94 bits per heavy atom. The van der Waals surface area contributed by atoms with Crippen LogP contribution in [0.25, 0.3) is 0 Å². The number of alkyl halides is 1. The first-order valence-corrected chi connectivity index (χ1v) is 7.28. The fourth-order valence-corrected chi connectivity index (χ4v) is 3.52. The summed E-state index contributed by atoms with van der Waals surface area (Å²) in [6, 6.07) is 0. The summed E-state index contributed by atoms with van der Waals surface area (Å²) in [4.78, 5) is 0. The molecule has 1 heterocycles. The van der Waals surface area contributed by atoms with Crippen LogP contribution in [-0.2, 0) is 14.9 Å². The molecule has 0 unspecified atom stereocenters. The predicted octanol–water partition coefficient (Wildman–Crippen LogP) is 0.560. The maximum Gasteiger partial charge on any atom is 0.280 e. The zero-order valence-corrected chi connectivity index (χ0v) is 11.3. The quantitative estimate of drug-likeness (QED) is 0.743. The van der Waals surface area contributed by atoms with Crippen LogP contribution in [0.2, 0.25) is 0 Å². The van der Waals surface area contributed by atoms with E-state index in [0.717, 1.165) is 0 Å². The van der Waals surface area contributed by atoms with Crippen molar-refractivity contribution in [2.75, 3.05) is 32.2 Å². The molecule has 0 bridgehead atoms. The molecule has 16 heavy (non-hydrogen) atoms. The van der Waals surface area contributed by atoms with Gasteiger partial charge in [0.25, 0.3) is 10.2 Å². The van der Waals surface area contributed by atoms with Crippen molar-refractivity contribution in [1.82, 2.24) is 9.03 Å². The van der Waals surface area contributed by atoms with Crippen LogP contribution in [0.1, 0.15) is 20.3 Å². The summed E-state index contributed by atoms with van der Waals surface area (Å²) in [6.45, 7) is 5.38. The number of halogens is 1. The predicted molar refractivity (Wildman–Crippen MR) is 63.9 cm³/mol. The molecule has 1 aliphatic heterocycles. The molecule has 0 aromatic rings. The zero-order valence-electron chi connectivity index (χ0n) is 9.70. The molecule has 1 fully saturated rings. The van der Waals surface area contributed by atoms with E-state index in [1.165, 1.54) is 4.31 Å². The average molecular weight is 271 g/mol. The van der Waals surface area contributed by atoms with Gasteiger partial charge in [0.15, 0.2) is 0 Å². The molecule has 0 saturated carbocycles. The lowest BCUT2D eigenvalue weighted by Crippen LogP contribution is -2.53. The number of morpholine rings is 1. The van der Waals surface area contributed by atoms with Crippen molar-refractivity contribution < 1.29 is 13.2 Å². The normalized spacial score (nSPS) is 19.9.